The molecular weight excluding hydrogens is 632 g/mol. The molecule has 4 rings (SSSR count). The molecule has 0 aliphatic rings. The number of amides is 4. The minimum absolute atomic E-state index is 0.0205. The van der Waals surface area contributed by atoms with Crippen molar-refractivity contribution in [3.05, 3.63) is 143 Å². The molecule has 1 unspecified atom stereocenters. The summed E-state index contributed by atoms with van der Waals surface area (Å²) >= 11 is 6.06. The zero-order chi connectivity index (χ0) is 34.3. The first-order chi connectivity index (χ1) is 23.2. The lowest BCUT2D eigenvalue weighted by Crippen LogP contribution is -2.58. The summed E-state index contributed by atoms with van der Waals surface area (Å²) in [7, 11) is 0. The molecule has 5 N–H and O–H groups in total. The summed E-state index contributed by atoms with van der Waals surface area (Å²) < 4.78 is 5.23. The first-order valence-electron chi connectivity index (χ1n) is 15.5. The summed E-state index contributed by atoms with van der Waals surface area (Å²) in [5, 5.41) is 22.4. The van der Waals surface area contributed by atoms with Crippen molar-refractivity contribution in [2.75, 3.05) is 0 Å². The van der Waals surface area contributed by atoms with Crippen LogP contribution >= 0.6 is 11.6 Å². The van der Waals surface area contributed by atoms with E-state index < -0.39 is 48.0 Å². The van der Waals surface area contributed by atoms with Crippen LogP contribution in [0.1, 0.15) is 29.2 Å². The lowest BCUT2D eigenvalue weighted by molar-refractivity contribution is -0.134. The number of aliphatic hydroxyl groups excluding tert-OH is 1. The number of benzene rings is 4. The molecule has 0 aliphatic carbocycles. The molecule has 0 fully saturated rings. The fraction of sp³-hybridized carbons (Fsp3) is 0.243. The number of hydrogen-bond donors (Lipinski definition) is 5. The van der Waals surface area contributed by atoms with E-state index in [1.165, 1.54) is 6.92 Å². The van der Waals surface area contributed by atoms with E-state index >= 15 is 0 Å². The molecule has 0 saturated carbocycles. The number of carbonyl (C=O) groups is 4. The van der Waals surface area contributed by atoms with Crippen molar-refractivity contribution in [3.63, 3.8) is 0 Å². The van der Waals surface area contributed by atoms with E-state index in [0.717, 1.165) is 16.7 Å². The predicted octanol–water partition coefficient (Wildman–Crippen LogP) is 4.09. The fourth-order valence-corrected chi connectivity index (χ4v) is 4.96. The first kappa shape index (κ1) is 35.7. The largest absolute Gasteiger partial charge is 0.445 e. The Morgan fingerprint density at radius 1 is 0.646 bits per heavy atom. The van der Waals surface area contributed by atoms with Crippen molar-refractivity contribution < 1.29 is 29.0 Å². The van der Waals surface area contributed by atoms with Crippen LogP contribution in [0.15, 0.2) is 115 Å². The van der Waals surface area contributed by atoms with E-state index in [2.05, 4.69) is 21.3 Å². The molecule has 11 heteroatoms. The maximum absolute atomic E-state index is 13.9. The zero-order valence-electron chi connectivity index (χ0n) is 26.5. The van der Waals surface area contributed by atoms with E-state index in [0.29, 0.717) is 10.6 Å². The van der Waals surface area contributed by atoms with Crippen LogP contribution in [0.4, 0.5) is 4.79 Å². The Morgan fingerprint density at radius 3 is 1.79 bits per heavy atom. The minimum Gasteiger partial charge on any atom is -0.445 e. The van der Waals surface area contributed by atoms with Crippen molar-refractivity contribution >= 4 is 35.4 Å². The smallest absolute Gasteiger partial charge is 0.408 e. The molecule has 0 bridgehead atoms. The van der Waals surface area contributed by atoms with E-state index in [1.54, 1.807) is 36.4 Å². The van der Waals surface area contributed by atoms with Crippen molar-refractivity contribution in [2.45, 2.75) is 57.1 Å². The van der Waals surface area contributed by atoms with Gasteiger partial charge in [0.15, 0.2) is 6.10 Å². The van der Waals surface area contributed by atoms with Gasteiger partial charge in [0.25, 0.3) is 5.91 Å². The third kappa shape index (κ3) is 11.6. The second-order valence-electron chi connectivity index (χ2n) is 11.3. The summed E-state index contributed by atoms with van der Waals surface area (Å²) in [5.74, 6) is -1.93. The maximum Gasteiger partial charge on any atom is 0.408 e. The molecular formula is C37H39ClN4O6. The normalized spacial score (nSPS) is 13.2. The van der Waals surface area contributed by atoms with Gasteiger partial charge in [-0.1, -0.05) is 115 Å². The molecule has 250 valence electrons. The average Bonchev–Trinajstić information content (AvgIpc) is 3.11. The standard InChI is InChI=1S/C37H39ClN4O6/c1-25(40-37(47)48-24-29-15-9-4-10-16-29)34(44)42-32(22-27-17-19-30(38)20-18-27)35(45)41-31(21-26-11-5-2-6-12-26)33(43)36(46)39-23-28-13-7-3-8-14-28/h2-20,25,31-33,43H,21-24H2,1H3,(H,39,46)(H,40,47)(H,41,45)(H,42,44)/t25-,31-,32-,33?/m0/s1. The van der Waals surface area contributed by atoms with E-state index in [9.17, 15) is 24.3 Å². The molecule has 0 heterocycles. The van der Waals surface area contributed by atoms with Gasteiger partial charge in [0.05, 0.1) is 6.04 Å². The van der Waals surface area contributed by atoms with Gasteiger partial charge in [-0.3, -0.25) is 14.4 Å². The highest BCUT2D eigenvalue weighted by Gasteiger charge is 2.32. The molecule has 4 aromatic rings. The van der Waals surface area contributed by atoms with Gasteiger partial charge >= 0.3 is 6.09 Å². The maximum atomic E-state index is 13.9. The number of alkyl carbamates (subject to hydrolysis) is 1. The van der Waals surface area contributed by atoms with Crippen LogP contribution in [-0.2, 0) is 45.1 Å². The number of aliphatic hydroxyl groups is 1. The van der Waals surface area contributed by atoms with Crippen molar-refractivity contribution in [3.8, 4) is 0 Å². The van der Waals surface area contributed by atoms with E-state index in [4.69, 9.17) is 16.3 Å². The highest BCUT2D eigenvalue weighted by atomic mass is 35.5. The monoisotopic (exact) mass is 670 g/mol. The fourth-order valence-electron chi connectivity index (χ4n) is 4.83. The van der Waals surface area contributed by atoms with Gasteiger partial charge in [0.2, 0.25) is 11.8 Å². The lowest BCUT2D eigenvalue weighted by atomic mass is 9.99. The van der Waals surface area contributed by atoms with Crippen LogP contribution in [0.2, 0.25) is 5.02 Å². The van der Waals surface area contributed by atoms with Gasteiger partial charge in [-0.25, -0.2) is 4.79 Å². The number of ether oxygens (including phenoxy) is 1. The van der Waals surface area contributed by atoms with Gasteiger partial charge in [-0.05, 0) is 47.7 Å². The van der Waals surface area contributed by atoms with Gasteiger partial charge in [0.1, 0.15) is 18.7 Å². The topological polar surface area (TPSA) is 146 Å². The highest BCUT2D eigenvalue weighted by molar-refractivity contribution is 6.30. The third-order valence-corrected chi connectivity index (χ3v) is 7.76. The molecule has 4 aromatic carbocycles. The quantitative estimate of drug-likeness (QED) is 0.129. The number of carbonyl (C=O) groups excluding carboxylic acids is 4. The first-order valence-corrected chi connectivity index (χ1v) is 15.9. The second-order valence-corrected chi connectivity index (χ2v) is 11.7. The van der Waals surface area contributed by atoms with Gasteiger partial charge < -0.3 is 31.1 Å². The van der Waals surface area contributed by atoms with Gasteiger partial charge in [0, 0.05) is 18.0 Å². The zero-order valence-corrected chi connectivity index (χ0v) is 27.2. The van der Waals surface area contributed by atoms with Crippen LogP contribution in [-0.4, -0.2) is 53.2 Å². The number of halogens is 1. The SMILES string of the molecule is C[C@H](NC(=O)OCc1ccccc1)C(=O)N[C@@H](Cc1ccc(Cl)cc1)C(=O)N[C@@H](Cc1ccccc1)C(O)C(=O)NCc1ccccc1. The third-order valence-electron chi connectivity index (χ3n) is 7.51. The number of hydrogen-bond acceptors (Lipinski definition) is 6. The van der Waals surface area contributed by atoms with Crippen LogP contribution in [0.3, 0.4) is 0 Å². The van der Waals surface area contributed by atoms with E-state index in [1.807, 2.05) is 78.9 Å². The molecule has 0 saturated heterocycles. The van der Waals surface area contributed by atoms with Crippen molar-refractivity contribution in [1.29, 1.82) is 0 Å². The highest BCUT2D eigenvalue weighted by Crippen LogP contribution is 2.13. The summed E-state index contributed by atoms with van der Waals surface area (Å²) in [4.78, 5) is 52.6. The molecule has 0 aliphatic heterocycles. The molecule has 0 aromatic heterocycles. The summed E-state index contributed by atoms with van der Waals surface area (Å²) in [6.45, 7) is 1.68. The Morgan fingerprint density at radius 2 is 1.19 bits per heavy atom. The molecule has 48 heavy (non-hydrogen) atoms. The molecule has 10 nitrogen and oxygen atoms in total. The Hall–Kier alpha value is -5.19. The van der Waals surface area contributed by atoms with Gasteiger partial charge in [-0.15, -0.1) is 0 Å². The van der Waals surface area contributed by atoms with Crippen LogP contribution in [0, 0.1) is 0 Å². The average molecular weight is 671 g/mol. The van der Waals surface area contributed by atoms with E-state index in [-0.39, 0.29) is 26.0 Å². The molecule has 4 amide bonds. The van der Waals surface area contributed by atoms with Crippen molar-refractivity contribution in [2.24, 2.45) is 0 Å². The summed E-state index contributed by atoms with van der Waals surface area (Å²) in [6, 6.07) is 31.0. The summed E-state index contributed by atoms with van der Waals surface area (Å²) in [5.41, 5.74) is 3.11. The molecule has 0 spiro atoms. The Kier molecular flexibility index (Phi) is 13.5. The van der Waals surface area contributed by atoms with Gasteiger partial charge in [-0.2, -0.15) is 0 Å². The predicted molar refractivity (Wildman–Crippen MR) is 183 cm³/mol. The number of nitrogens with one attached hydrogen (secondary N) is 4. The van der Waals surface area contributed by atoms with Crippen LogP contribution in [0.5, 0.6) is 0 Å². The Labute approximate surface area is 284 Å². The Balaban J connectivity index is 1.46. The summed E-state index contributed by atoms with van der Waals surface area (Å²) in [6.07, 6.45) is -2.20. The molecule has 4 atom stereocenters. The number of rotatable bonds is 15. The Bertz CT molecular complexity index is 1620. The van der Waals surface area contributed by atoms with Crippen molar-refractivity contribution in [1.82, 2.24) is 21.3 Å². The minimum atomic E-state index is -1.61. The second kappa shape index (κ2) is 18.2. The molecule has 0 radical (unpaired) electrons. The van der Waals surface area contributed by atoms with Crippen LogP contribution < -0.4 is 21.3 Å². The lowest BCUT2D eigenvalue weighted by Gasteiger charge is -2.27. The van der Waals surface area contributed by atoms with Crippen LogP contribution in [0.25, 0.3) is 0 Å².